The highest BCUT2D eigenvalue weighted by molar-refractivity contribution is 6.28. The van der Waals surface area contributed by atoms with Crippen molar-refractivity contribution in [3.05, 3.63) is 34.9 Å². The number of carbonyl (C=O) groups is 2. The van der Waals surface area contributed by atoms with E-state index in [0.29, 0.717) is 26.2 Å². The number of hydrogen-bond acceptors (Lipinski definition) is 7. The Balaban J connectivity index is 1.57. The molecular weight excluding hydrogens is 491 g/mol. The van der Waals surface area contributed by atoms with Crippen molar-refractivity contribution in [1.82, 2.24) is 24.8 Å². The van der Waals surface area contributed by atoms with Crippen LogP contribution in [0.2, 0.25) is 5.28 Å². The van der Waals surface area contributed by atoms with E-state index in [0.717, 1.165) is 0 Å². The van der Waals surface area contributed by atoms with Gasteiger partial charge in [-0.2, -0.15) is 13.2 Å². The van der Waals surface area contributed by atoms with Gasteiger partial charge in [-0.15, -0.1) is 0 Å². The Hall–Kier alpha value is -3.15. The van der Waals surface area contributed by atoms with Crippen molar-refractivity contribution in [2.75, 3.05) is 32.8 Å². The number of pyridine rings is 1. The first-order valence-electron chi connectivity index (χ1n) is 10.7. The molecule has 0 aliphatic carbocycles. The smallest absolute Gasteiger partial charge is 0.433 e. The van der Waals surface area contributed by atoms with Crippen molar-refractivity contribution < 1.29 is 32.2 Å². The third-order valence-electron chi connectivity index (χ3n) is 5.02. The monoisotopic (exact) mass is 515 g/mol. The Morgan fingerprint density at radius 3 is 2.23 bits per heavy atom. The number of alkyl halides is 3. The number of hydrogen-bond donors (Lipinski definition) is 0. The molecule has 0 bridgehead atoms. The minimum atomic E-state index is -4.68. The molecule has 35 heavy (non-hydrogen) atoms. The molecule has 0 radical (unpaired) electrons. The van der Waals surface area contributed by atoms with Crippen LogP contribution in [0.1, 0.15) is 32.0 Å². The van der Waals surface area contributed by atoms with Crippen molar-refractivity contribution in [2.45, 2.75) is 39.5 Å². The van der Waals surface area contributed by atoms with Crippen LogP contribution in [0.3, 0.4) is 0 Å². The topological polar surface area (TPSA) is 97.8 Å². The first-order chi connectivity index (χ1) is 16.2. The Labute approximate surface area is 205 Å². The molecular formula is C22H25ClF3N5O4. The van der Waals surface area contributed by atoms with Crippen LogP contribution < -0.4 is 4.74 Å². The van der Waals surface area contributed by atoms with E-state index < -0.39 is 28.8 Å². The average molecular weight is 516 g/mol. The second-order valence-electron chi connectivity index (χ2n) is 8.83. The van der Waals surface area contributed by atoms with Crippen molar-refractivity contribution in [3.63, 3.8) is 0 Å². The molecule has 1 aliphatic rings. The lowest BCUT2D eigenvalue weighted by Crippen LogP contribution is -2.52. The summed E-state index contributed by atoms with van der Waals surface area (Å²) in [5.74, 6) is -0.170. The summed E-state index contributed by atoms with van der Waals surface area (Å²) in [6, 6.07) is 2.89. The summed E-state index contributed by atoms with van der Waals surface area (Å²) in [7, 11) is 0. The molecule has 3 heterocycles. The number of ether oxygens (including phenoxy) is 2. The van der Waals surface area contributed by atoms with E-state index in [4.69, 9.17) is 21.1 Å². The highest BCUT2D eigenvalue weighted by atomic mass is 35.5. The third-order valence-corrected chi connectivity index (χ3v) is 5.19. The Morgan fingerprint density at radius 1 is 1.06 bits per heavy atom. The maximum absolute atomic E-state index is 13.2. The van der Waals surface area contributed by atoms with Crippen molar-refractivity contribution >= 4 is 23.6 Å². The van der Waals surface area contributed by atoms with E-state index in [9.17, 15) is 22.8 Å². The van der Waals surface area contributed by atoms with Gasteiger partial charge in [0.15, 0.2) is 12.3 Å². The number of nitrogens with zero attached hydrogens (tertiary/aromatic N) is 5. The predicted molar refractivity (Wildman–Crippen MR) is 120 cm³/mol. The van der Waals surface area contributed by atoms with Gasteiger partial charge in [-0.3, -0.25) is 4.79 Å². The van der Waals surface area contributed by atoms with Gasteiger partial charge in [0, 0.05) is 49.6 Å². The summed E-state index contributed by atoms with van der Waals surface area (Å²) >= 11 is 5.68. The quantitative estimate of drug-likeness (QED) is 0.568. The molecule has 0 unspecified atom stereocenters. The number of piperazine rings is 1. The zero-order valence-corrected chi connectivity index (χ0v) is 20.4. The molecule has 2 amide bonds. The zero-order chi connectivity index (χ0) is 26.0. The number of amides is 2. The lowest BCUT2D eigenvalue weighted by molar-refractivity contribution is -0.141. The largest absolute Gasteiger partial charge is 0.468 e. The highest BCUT2D eigenvalue weighted by Crippen LogP contribution is 2.35. The summed E-state index contributed by atoms with van der Waals surface area (Å²) in [6.45, 7) is 7.68. The van der Waals surface area contributed by atoms with Gasteiger partial charge in [0.05, 0.1) is 5.69 Å². The molecule has 13 heteroatoms. The molecule has 1 fully saturated rings. The molecule has 0 saturated carbocycles. The van der Waals surface area contributed by atoms with Gasteiger partial charge in [-0.25, -0.2) is 19.7 Å². The van der Waals surface area contributed by atoms with E-state index in [-0.39, 0.29) is 35.2 Å². The average Bonchev–Trinajstić information content (AvgIpc) is 2.77. The first-order valence-corrected chi connectivity index (χ1v) is 11.1. The molecule has 9 nitrogen and oxygen atoms in total. The zero-order valence-electron chi connectivity index (χ0n) is 19.6. The minimum Gasteiger partial charge on any atom is -0.468 e. The molecule has 0 N–H and O–H groups in total. The lowest BCUT2D eigenvalue weighted by atomic mass is 10.1. The van der Waals surface area contributed by atoms with Crippen LogP contribution in [0, 0.1) is 6.92 Å². The number of carbonyl (C=O) groups excluding carboxylic acids is 2. The first kappa shape index (κ1) is 26.5. The van der Waals surface area contributed by atoms with Gasteiger partial charge < -0.3 is 19.3 Å². The minimum absolute atomic E-state index is 0.00434. The molecule has 2 aromatic heterocycles. The standard InChI is InChI=1S/C22H25ClF3N5O4/c1-13-17(28-19(23)29-18(13)22(24,25)26)14-5-6-15(27-11-14)34-12-16(32)30-7-9-31(10-8-30)20(33)35-21(2,3)4/h5-6,11H,7-10,12H2,1-4H3. The van der Waals surface area contributed by atoms with Crippen LogP contribution in [-0.4, -0.2) is 75.1 Å². The molecule has 3 rings (SSSR count). The van der Waals surface area contributed by atoms with Crippen LogP contribution in [0.4, 0.5) is 18.0 Å². The molecule has 0 aromatic carbocycles. The predicted octanol–water partition coefficient (Wildman–Crippen LogP) is 3.98. The van der Waals surface area contributed by atoms with E-state index >= 15 is 0 Å². The van der Waals surface area contributed by atoms with E-state index in [2.05, 4.69) is 15.0 Å². The summed E-state index contributed by atoms with van der Waals surface area (Å²) in [6.07, 6.45) is -3.82. The van der Waals surface area contributed by atoms with Crippen molar-refractivity contribution in [1.29, 1.82) is 0 Å². The lowest BCUT2D eigenvalue weighted by Gasteiger charge is -2.35. The van der Waals surface area contributed by atoms with E-state index in [1.165, 1.54) is 25.3 Å². The van der Waals surface area contributed by atoms with Gasteiger partial charge in [-0.1, -0.05) is 0 Å². The van der Waals surface area contributed by atoms with Gasteiger partial charge in [0.25, 0.3) is 5.91 Å². The van der Waals surface area contributed by atoms with Crippen LogP contribution in [0.5, 0.6) is 5.88 Å². The van der Waals surface area contributed by atoms with Gasteiger partial charge in [-0.05, 0) is 45.4 Å². The Kier molecular flexibility index (Phi) is 7.73. The number of rotatable bonds is 4. The Bertz CT molecular complexity index is 1080. The molecule has 0 spiro atoms. The molecule has 1 aliphatic heterocycles. The SMILES string of the molecule is Cc1c(-c2ccc(OCC(=O)N3CCN(C(=O)OC(C)(C)C)CC3)nc2)nc(Cl)nc1C(F)(F)F. The normalized spacial score (nSPS) is 14.6. The molecule has 0 atom stereocenters. The van der Waals surface area contributed by atoms with E-state index in [1.54, 1.807) is 30.6 Å². The van der Waals surface area contributed by atoms with Crippen molar-refractivity contribution in [2.24, 2.45) is 0 Å². The summed E-state index contributed by atoms with van der Waals surface area (Å²) in [5, 5.41) is -0.532. The van der Waals surface area contributed by atoms with Crippen molar-refractivity contribution in [3.8, 4) is 17.1 Å². The van der Waals surface area contributed by atoms with Gasteiger partial charge >= 0.3 is 12.3 Å². The molecule has 1 saturated heterocycles. The van der Waals surface area contributed by atoms with Gasteiger partial charge in [0.1, 0.15) is 5.60 Å². The maximum atomic E-state index is 13.2. The maximum Gasteiger partial charge on any atom is 0.433 e. The van der Waals surface area contributed by atoms with Gasteiger partial charge in [0.2, 0.25) is 11.2 Å². The second-order valence-corrected chi connectivity index (χ2v) is 9.17. The van der Waals surface area contributed by atoms with Crippen LogP contribution in [0.15, 0.2) is 18.3 Å². The summed E-state index contributed by atoms with van der Waals surface area (Å²) in [5.41, 5.74) is -1.62. The fraction of sp³-hybridized carbons (Fsp3) is 0.500. The fourth-order valence-corrected chi connectivity index (χ4v) is 3.51. The third kappa shape index (κ3) is 6.93. The number of halogens is 4. The molecule has 190 valence electrons. The second kappa shape index (κ2) is 10.2. The van der Waals surface area contributed by atoms with Crippen LogP contribution in [-0.2, 0) is 15.7 Å². The number of aromatic nitrogens is 3. The molecule has 2 aromatic rings. The summed E-state index contributed by atoms with van der Waals surface area (Å²) < 4.78 is 50.4. The van der Waals surface area contributed by atoms with Crippen LogP contribution >= 0.6 is 11.6 Å². The fourth-order valence-electron chi connectivity index (χ4n) is 3.34. The Morgan fingerprint density at radius 2 is 1.69 bits per heavy atom. The van der Waals surface area contributed by atoms with E-state index in [1.807, 2.05) is 0 Å². The highest BCUT2D eigenvalue weighted by Gasteiger charge is 2.36. The van der Waals surface area contributed by atoms with Crippen LogP contribution in [0.25, 0.3) is 11.3 Å². The summed E-state index contributed by atoms with van der Waals surface area (Å²) in [4.78, 5) is 39.0.